The molecule has 1 aromatic rings. The summed E-state index contributed by atoms with van der Waals surface area (Å²) in [5.41, 5.74) is 0.957. The van der Waals surface area contributed by atoms with Gasteiger partial charge in [-0.25, -0.2) is 0 Å². The van der Waals surface area contributed by atoms with E-state index < -0.39 is 0 Å². The maximum Gasteiger partial charge on any atom is 0.233 e. The molecule has 0 radical (unpaired) electrons. The molecule has 2 fully saturated rings. The molecule has 0 spiro atoms. The van der Waals surface area contributed by atoms with E-state index in [0.29, 0.717) is 5.91 Å². The Morgan fingerprint density at radius 1 is 1.38 bits per heavy atom. The van der Waals surface area contributed by atoms with E-state index in [1.54, 1.807) is 0 Å². The molecule has 1 aromatic carbocycles. The van der Waals surface area contributed by atoms with E-state index in [4.69, 9.17) is 0 Å². The SMILES string of the molecule is CNCC1CCN(C(=O)C2(c3cccc(Br)c3)CC2)CC1. The summed E-state index contributed by atoms with van der Waals surface area (Å²) in [5, 5.41) is 3.25. The summed E-state index contributed by atoms with van der Waals surface area (Å²) >= 11 is 3.52. The van der Waals surface area contributed by atoms with Crippen molar-refractivity contribution in [1.82, 2.24) is 10.2 Å². The smallest absolute Gasteiger partial charge is 0.233 e. The second-order valence-corrected chi connectivity index (χ2v) is 7.30. The lowest BCUT2D eigenvalue weighted by Crippen LogP contribution is -2.45. The molecule has 1 N–H and O–H groups in total. The number of nitrogens with one attached hydrogen (secondary N) is 1. The average molecular weight is 351 g/mol. The summed E-state index contributed by atoms with van der Waals surface area (Å²) < 4.78 is 1.06. The van der Waals surface area contributed by atoms with Gasteiger partial charge in [0.1, 0.15) is 0 Å². The molecule has 1 heterocycles. The molecule has 114 valence electrons. The minimum atomic E-state index is -0.223. The van der Waals surface area contributed by atoms with Gasteiger partial charge in [-0.15, -0.1) is 0 Å². The molecule has 3 rings (SSSR count). The number of hydrogen-bond donors (Lipinski definition) is 1. The molecule has 2 aliphatic rings. The maximum atomic E-state index is 13.0. The van der Waals surface area contributed by atoms with E-state index in [2.05, 4.69) is 38.3 Å². The Bertz CT molecular complexity index is 519. The van der Waals surface area contributed by atoms with E-state index >= 15 is 0 Å². The first kappa shape index (κ1) is 15.0. The van der Waals surface area contributed by atoms with Gasteiger partial charge in [-0.3, -0.25) is 4.79 Å². The molecule has 21 heavy (non-hydrogen) atoms. The number of likely N-dealkylation sites (tertiary alicyclic amines) is 1. The van der Waals surface area contributed by atoms with Gasteiger partial charge < -0.3 is 10.2 Å². The van der Waals surface area contributed by atoms with Gasteiger partial charge in [-0.2, -0.15) is 0 Å². The van der Waals surface area contributed by atoms with Crippen molar-refractivity contribution >= 4 is 21.8 Å². The number of hydrogen-bond acceptors (Lipinski definition) is 2. The van der Waals surface area contributed by atoms with Crippen LogP contribution in [0, 0.1) is 5.92 Å². The molecule has 1 aliphatic carbocycles. The monoisotopic (exact) mass is 350 g/mol. The minimum absolute atomic E-state index is 0.223. The van der Waals surface area contributed by atoms with Crippen LogP contribution in [-0.2, 0) is 10.2 Å². The van der Waals surface area contributed by atoms with Gasteiger partial charge in [-0.1, -0.05) is 28.1 Å². The highest BCUT2D eigenvalue weighted by Gasteiger charge is 2.53. The van der Waals surface area contributed by atoms with Crippen LogP contribution in [0.25, 0.3) is 0 Å². The number of piperidine rings is 1. The van der Waals surface area contributed by atoms with Crippen molar-refractivity contribution in [3.05, 3.63) is 34.3 Å². The lowest BCUT2D eigenvalue weighted by molar-refractivity contribution is -0.135. The second kappa shape index (κ2) is 6.09. The van der Waals surface area contributed by atoms with Crippen LogP contribution in [-0.4, -0.2) is 37.5 Å². The fraction of sp³-hybridized carbons (Fsp3) is 0.588. The van der Waals surface area contributed by atoms with Crippen LogP contribution in [0.1, 0.15) is 31.2 Å². The number of benzene rings is 1. The molecular weight excluding hydrogens is 328 g/mol. The van der Waals surface area contributed by atoms with E-state index in [1.165, 1.54) is 5.56 Å². The Kier molecular flexibility index (Phi) is 4.36. The molecule has 3 nitrogen and oxygen atoms in total. The highest BCUT2D eigenvalue weighted by molar-refractivity contribution is 9.10. The summed E-state index contributed by atoms with van der Waals surface area (Å²) in [7, 11) is 2.00. The zero-order valence-electron chi connectivity index (χ0n) is 12.6. The average Bonchev–Trinajstić information content (AvgIpc) is 3.29. The van der Waals surface area contributed by atoms with E-state index in [0.717, 1.165) is 55.7 Å². The van der Waals surface area contributed by atoms with Crippen LogP contribution in [0.15, 0.2) is 28.7 Å². The number of carbonyl (C=O) groups is 1. The topological polar surface area (TPSA) is 32.3 Å². The van der Waals surface area contributed by atoms with Gasteiger partial charge in [0.15, 0.2) is 0 Å². The standard InChI is InChI=1S/C17H23BrN2O/c1-19-12-13-5-9-20(10-6-13)16(21)17(7-8-17)14-3-2-4-15(18)11-14/h2-4,11,13,19H,5-10,12H2,1H3. The number of carbonyl (C=O) groups excluding carboxylic acids is 1. The van der Waals surface area contributed by atoms with Crippen LogP contribution < -0.4 is 5.32 Å². The van der Waals surface area contributed by atoms with Crippen LogP contribution >= 0.6 is 15.9 Å². The molecule has 1 saturated heterocycles. The third-order valence-corrected chi connectivity index (χ3v) is 5.42. The van der Waals surface area contributed by atoms with Crippen LogP contribution in [0.5, 0.6) is 0 Å². The Labute approximate surface area is 135 Å². The van der Waals surface area contributed by atoms with Gasteiger partial charge in [0.25, 0.3) is 0 Å². The lowest BCUT2D eigenvalue weighted by Gasteiger charge is -2.34. The van der Waals surface area contributed by atoms with Gasteiger partial charge in [-0.05, 0) is 62.9 Å². The first-order chi connectivity index (χ1) is 10.2. The van der Waals surface area contributed by atoms with Crippen molar-refractivity contribution in [3.8, 4) is 0 Å². The normalized spacial score (nSPS) is 21.3. The molecule has 0 unspecified atom stereocenters. The quantitative estimate of drug-likeness (QED) is 0.905. The van der Waals surface area contributed by atoms with Crippen molar-refractivity contribution in [2.24, 2.45) is 5.92 Å². The van der Waals surface area contributed by atoms with Gasteiger partial charge >= 0.3 is 0 Å². The minimum Gasteiger partial charge on any atom is -0.342 e. The molecule has 4 heteroatoms. The fourth-order valence-corrected chi connectivity index (χ4v) is 3.87. The number of halogens is 1. The summed E-state index contributed by atoms with van der Waals surface area (Å²) in [4.78, 5) is 15.1. The zero-order valence-corrected chi connectivity index (χ0v) is 14.2. The number of rotatable bonds is 4. The highest BCUT2D eigenvalue weighted by atomic mass is 79.9. The van der Waals surface area contributed by atoms with E-state index in [1.807, 2.05) is 19.2 Å². The fourth-order valence-electron chi connectivity index (χ4n) is 3.47. The number of nitrogens with zero attached hydrogens (tertiary/aromatic N) is 1. The molecular formula is C17H23BrN2O. The summed E-state index contributed by atoms with van der Waals surface area (Å²) in [5.74, 6) is 1.07. The largest absolute Gasteiger partial charge is 0.342 e. The third kappa shape index (κ3) is 3.02. The lowest BCUT2D eigenvalue weighted by atomic mass is 9.91. The maximum absolute atomic E-state index is 13.0. The summed E-state index contributed by atoms with van der Waals surface area (Å²) in [6.07, 6.45) is 4.25. The Morgan fingerprint density at radius 2 is 2.10 bits per heavy atom. The summed E-state index contributed by atoms with van der Waals surface area (Å²) in [6, 6.07) is 8.27. The highest BCUT2D eigenvalue weighted by Crippen LogP contribution is 2.50. The van der Waals surface area contributed by atoms with Crippen LogP contribution in [0.3, 0.4) is 0 Å². The Hall–Kier alpha value is -0.870. The zero-order chi connectivity index (χ0) is 14.9. The van der Waals surface area contributed by atoms with Crippen molar-refractivity contribution in [1.29, 1.82) is 0 Å². The van der Waals surface area contributed by atoms with Crippen molar-refractivity contribution in [2.45, 2.75) is 31.1 Å². The Morgan fingerprint density at radius 3 is 2.67 bits per heavy atom. The van der Waals surface area contributed by atoms with Crippen molar-refractivity contribution in [3.63, 3.8) is 0 Å². The molecule has 0 aromatic heterocycles. The predicted molar refractivity (Wildman–Crippen MR) is 88.3 cm³/mol. The third-order valence-electron chi connectivity index (χ3n) is 4.93. The first-order valence-electron chi connectivity index (χ1n) is 7.86. The van der Waals surface area contributed by atoms with Crippen molar-refractivity contribution < 1.29 is 4.79 Å². The van der Waals surface area contributed by atoms with E-state index in [-0.39, 0.29) is 5.41 Å². The molecule has 0 atom stereocenters. The number of amides is 1. The van der Waals surface area contributed by atoms with Crippen LogP contribution in [0.4, 0.5) is 0 Å². The van der Waals surface area contributed by atoms with Gasteiger partial charge in [0, 0.05) is 17.6 Å². The summed E-state index contributed by atoms with van der Waals surface area (Å²) in [6.45, 7) is 2.90. The molecule has 1 amide bonds. The van der Waals surface area contributed by atoms with Gasteiger partial charge in [0.2, 0.25) is 5.91 Å². The van der Waals surface area contributed by atoms with E-state index in [9.17, 15) is 4.79 Å². The predicted octanol–water partition coefficient (Wildman–Crippen LogP) is 2.94. The molecule has 0 bridgehead atoms. The van der Waals surface area contributed by atoms with Crippen molar-refractivity contribution in [2.75, 3.05) is 26.7 Å². The molecule has 1 aliphatic heterocycles. The van der Waals surface area contributed by atoms with Gasteiger partial charge in [0.05, 0.1) is 5.41 Å². The molecule has 1 saturated carbocycles. The Balaban J connectivity index is 1.68. The second-order valence-electron chi connectivity index (χ2n) is 6.39. The van der Waals surface area contributed by atoms with Crippen LogP contribution in [0.2, 0.25) is 0 Å². The first-order valence-corrected chi connectivity index (χ1v) is 8.65.